The van der Waals surface area contributed by atoms with Gasteiger partial charge >= 0.3 is 7.60 Å². The van der Waals surface area contributed by atoms with Crippen molar-refractivity contribution in [3.05, 3.63) is 0 Å². The van der Waals surface area contributed by atoms with Crippen molar-refractivity contribution in [2.75, 3.05) is 13.2 Å². The van der Waals surface area contributed by atoms with E-state index in [1.807, 2.05) is 13.8 Å². The summed E-state index contributed by atoms with van der Waals surface area (Å²) in [5.41, 5.74) is 0.907. The summed E-state index contributed by atoms with van der Waals surface area (Å²) in [6, 6.07) is 0. The van der Waals surface area contributed by atoms with Gasteiger partial charge in [-0.25, -0.2) is 0 Å². The molecule has 0 aromatic heterocycles. The third-order valence-corrected chi connectivity index (χ3v) is 4.53. The summed E-state index contributed by atoms with van der Waals surface area (Å²) in [6.45, 7) is 8.30. The normalized spacial score (nSPS) is 21.1. The zero-order chi connectivity index (χ0) is 12.2. The van der Waals surface area contributed by atoms with Crippen molar-refractivity contribution >= 4 is 13.3 Å². The van der Waals surface area contributed by atoms with Gasteiger partial charge in [0.1, 0.15) is 0 Å². The minimum absolute atomic E-state index is 0.293. The fourth-order valence-corrected chi connectivity index (χ4v) is 3.16. The Hall–Kier alpha value is -0.380. The molecule has 0 aromatic carbocycles. The lowest BCUT2D eigenvalue weighted by Gasteiger charge is -2.20. The standard InChI is InChI=1S/C10H20NO4P/c1-5-13-16(12,14-6-2)10-7-9(8(3)4)11-15-10/h8,10H,5-7H2,1-4H3/t10-/m0/s1. The minimum atomic E-state index is -3.18. The highest BCUT2D eigenvalue weighted by molar-refractivity contribution is 7.54. The molecule has 0 N–H and O–H groups in total. The van der Waals surface area contributed by atoms with Crippen molar-refractivity contribution in [2.45, 2.75) is 40.0 Å². The molecule has 1 heterocycles. The van der Waals surface area contributed by atoms with Crippen LogP contribution in [0.1, 0.15) is 34.1 Å². The monoisotopic (exact) mass is 249 g/mol. The Morgan fingerprint density at radius 2 is 2.00 bits per heavy atom. The van der Waals surface area contributed by atoms with Crippen molar-refractivity contribution in [3.8, 4) is 0 Å². The third kappa shape index (κ3) is 3.06. The molecule has 0 aromatic rings. The number of oxime groups is 1. The quantitative estimate of drug-likeness (QED) is 0.679. The fourth-order valence-electron chi connectivity index (χ4n) is 1.46. The van der Waals surface area contributed by atoms with Gasteiger partial charge in [0.25, 0.3) is 0 Å². The summed E-state index contributed by atoms with van der Waals surface area (Å²) in [6.07, 6.45) is 0.523. The summed E-state index contributed by atoms with van der Waals surface area (Å²) >= 11 is 0. The molecular formula is C10H20NO4P. The van der Waals surface area contributed by atoms with E-state index in [-0.39, 0.29) is 0 Å². The molecular weight excluding hydrogens is 229 g/mol. The molecule has 6 heteroatoms. The van der Waals surface area contributed by atoms with E-state index in [0.29, 0.717) is 25.6 Å². The lowest BCUT2D eigenvalue weighted by molar-refractivity contribution is 0.0958. The second kappa shape index (κ2) is 5.80. The van der Waals surface area contributed by atoms with Crippen LogP contribution in [0.3, 0.4) is 0 Å². The summed E-state index contributed by atoms with van der Waals surface area (Å²) < 4.78 is 22.8. The van der Waals surface area contributed by atoms with Gasteiger partial charge in [0.2, 0.25) is 5.85 Å². The highest BCUT2D eigenvalue weighted by Gasteiger charge is 2.42. The van der Waals surface area contributed by atoms with Gasteiger partial charge in [-0.05, 0) is 19.8 Å². The smallest absolute Gasteiger partial charge is 0.374 e. The highest BCUT2D eigenvalue weighted by atomic mass is 31.2. The molecule has 0 fully saturated rings. The van der Waals surface area contributed by atoms with Gasteiger partial charge in [-0.2, -0.15) is 0 Å². The van der Waals surface area contributed by atoms with Crippen LogP contribution in [0.15, 0.2) is 5.16 Å². The molecule has 0 bridgehead atoms. The first-order valence-electron chi connectivity index (χ1n) is 5.64. The molecule has 5 nitrogen and oxygen atoms in total. The highest BCUT2D eigenvalue weighted by Crippen LogP contribution is 2.56. The number of rotatable bonds is 6. The van der Waals surface area contributed by atoms with Crippen molar-refractivity contribution in [2.24, 2.45) is 11.1 Å². The van der Waals surface area contributed by atoms with Gasteiger partial charge in [0.15, 0.2) is 0 Å². The molecule has 0 spiro atoms. The molecule has 0 unspecified atom stereocenters. The van der Waals surface area contributed by atoms with Crippen LogP contribution >= 0.6 is 7.60 Å². The predicted molar refractivity (Wildman–Crippen MR) is 62.6 cm³/mol. The van der Waals surface area contributed by atoms with E-state index in [4.69, 9.17) is 13.9 Å². The molecule has 0 saturated carbocycles. The average molecular weight is 249 g/mol. The van der Waals surface area contributed by atoms with Crippen molar-refractivity contribution in [3.63, 3.8) is 0 Å². The summed E-state index contributed by atoms with van der Waals surface area (Å²) in [7, 11) is -3.18. The minimum Gasteiger partial charge on any atom is -0.379 e. The molecule has 0 aliphatic carbocycles. The van der Waals surface area contributed by atoms with E-state index in [9.17, 15) is 4.57 Å². The molecule has 1 aliphatic rings. The zero-order valence-corrected chi connectivity index (χ0v) is 11.2. The first kappa shape index (κ1) is 13.7. The first-order valence-corrected chi connectivity index (χ1v) is 7.26. The Kier molecular flexibility index (Phi) is 4.96. The SMILES string of the molecule is CCOP(=O)(OCC)[C@H]1CC(C(C)C)=NO1. The average Bonchev–Trinajstić information content (AvgIpc) is 2.67. The van der Waals surface area contributed by atoms with E-state index < -0.39 is 13.4 Å². The van der Waals surface area contributed by atoms with Crippen LogP contribution in [-0.4, -0.2) is 24.8 Å². The first-order chi connectivity index (χ1) is 7.53. The van der Waals surface area contributed by atoms with Crippen LogP contribution in [0.25, 0.3) is 0 Å². The van der Waals surface area contributed by atoms with Gasteiger partial charge in [0.05, 0.1) is 18.9 Å². The maximum absolute atomic E-state index is 12.3. The number of hydrogen-bond donors (Lipinski definition) is 0. The second-order valence-electron chi connectivity index (χ2n) is 3.88. The largest absolute Gasteiger partial charge is 0.379 e. The number of nitrogens with zero attached hydrogens (tertiary/aromatic N) is 1. The van der Waals surface area contributed by atoms with E-state index in [1.165, 1.54) is 0 Å². The Labute approximate surface area is 96.7 Å². The van der Waals surface area contributed by atoms with Gasteiger partial charge in [-0.3, -0.25) is 4.57 Å². The van der Waals surface area contributed by atoms with E-state index in [1.54, 1.807) is 13.8 Å². The maximum atomic E-state index is 12.3. The van der Waals surface area contributed by atoms with Crippen LogP contribution < -0.4 is 0 Å². The molecule has 1 atom stereocenters. The molecule has 1 rings (SSSR count). The van der Waals surface area contributed by atoms with Crippen LogP contribution in [0.2, 0.25) is 0 Å². The van der Waals surface area contributed by atoms with Crippen LogP contribution in [-0.2, 0) is 18.5 Å². The summed E-state index contributed by atoms with van der Waals surface area (Å²) in [5.74, 6) is -0.286. The zero-order valence-electron chi connectivity index (χ0n) is 10.3. The van der Waals surface area contributed by atoms with E-state index in [2.05, 4.69) is 5.16 Å². The lowest BCUT2D eigenvalue weighted by atomic mass is 10.1. The maximum Gasteiger partial charge on any atom is 0.374 e. The molecule has 1 aliphatic heterocycles. The third-order valence-electron chi connectivity index (χ3n) is 2.31. The topological polar surface area (TPSA) is 57.1 Å². The fraction of sp³-hybridized carbons (Fsp3) is 0.900. The Bertz CT molecular complexity index is 293. The van der Waals surface area contributed by atoms with E-state index >= 15 is 0 Å². The van der Waals surface area contributed by atoms with Crippen molar-refractivity contribution < 1.29 is 18.5 Å². The Balaban J connectivity index is 2.67. The molecule has 0 radical (unpaired) electrons. The van der Waals surface area contributed by atoms with Gasteiger partial charge in [-0.15, -0.1) is 0 Å². The van der Waals surface area contributed by atoms with Crippen LogP contribution in [0, 0.1) is 5.92 Å². The number of hydrogen-bond acceptors (Lipinski definition) is 5. The lowest BCUT2D eigenvalue weighted by Crippen LogP contribution is -2.15. The van der Waals surface area contributed by atoms with Crippen LogP contribution in [0.4, 0.5) is 0 Å². The second-order valence-corrected chi connectivity index (χ2v) is 6.05. The summed E-state index contributed by atoms with van der Waals surface area (Å²) in [4.78, 5) is 5.17. The Morgan fingerprint density at radius 3 is 2.38 bits per heavy atom. The van der Waals surface area contributed by atoms with Gasteiger partial charge in [0, 0.05) is 6.42 Å². The molecule has 0 saturated heterocycles. The van der Waals surface area contributed by atoms with Crippen molar-refractivity contribution in [1.29, 1.82) is 0 Å². The Morgan fingerprint density at radius 1 is 1.44 bits per heavy atom. The van der Waals surface area contributed by atoms with Crippen LogP contribution in [0.5, 0.6) is 0 Å². The van der Waals surface area contributed by atoms with Gasteiger partial charge in [-0.1, -0.05) is 19.0 Å². The predicted octanol–water partition coefficient (Wildman–Crippen LogP) is 3.01. The molecule has 16 heavy (non-hydrogen) atoms. The van der Waals surface area contributed by atoms with Crippen molar-refractivity contribution in [1.82, 2.24) is 0 Å². The molecule has 0 amide bonds. The van der Waals surface area contributed by atoms with E-state index in [0.717, 1.165) is 5.71 Å². The summed E-state index contributed by atoms with van der Waals surface area (Å²) in [5, 5.41) is 3.93. The molecule has 94 valence electrons. The van der Waals surface area contributed by atoms with Gasteiger partial charge < -0.3 is 13.9 Å².